The SMILES string of the molecule is CN(C)C(=O)c1ccn2c1CSC2c1cccnc1. The van der Waals surface area contributed by atoms with Gasteiger partial charge < -0.3 is 9.47 Å². The Bertz CT molecular complexity index is 606. The van der Waals surface area contributed by atoms with Gasteiger partial charge in [-0.15, -0.1) is 11.8 Å². The fourth-order valence-electron chi connectivity index (χ4n) is 2.30. The zero-order valence-corrected chi connectivity index (χ0v) is 11.7. The molecule has 0 radical (unpaired) electrons. The van der Waals surface area contributed by atoms with E-state index in [0.717, 1.165) is 17.0 Å². The number of carbonyl (C=O) groups excluding carboxylic acids is 1. The third-order valence-corrected chi connectivity index (χ3v) is 4.52. The van der Waals surface area contributed by atoms with Crippen LogP contribution in [0.5, 0.6) is 0 Å². The van der Waals surface area contributed by atoms with Crippen molar-refractivity contribution >= 4 is 17.7 Å². The average molecular weight is 273 g/mol. The minimum absolute atomic E-state index is 0.0705. The van der Waals surface area contributed by atoms with E-state index in [1.807, 2.05) is 36.3 Å². The highest BCUT2D eigenvalue weighted by molar-refractivity contribution is 7.99. The maximum Gasteiger partial charge on any atom is 0.255 e. The lowest BCUT2D eigenvalue weighted by atomic mass is 10.2. The lowest BCUT2D eigenvalue weighted by Gasteiger charge is -2.12. The topological polar surface area (TPSA) is 38.1 Å². The number of carbonyl (C=O) groups is 1. The van der Waals surface area contributed by atoms with E-state index in [4.69, 9.17) is 0 Å². The van der Waals surface area contributed by atoms with Gasteiger partial charge in [-0.1, -0.05) is 6.07 Å². The second-order valence-corrected chi connectivity index (χ2v) is 5.80. The summed E-state index contributed by atoms with van der Waals surface area (Å²) in [5.41, 5.74) is 3.09. The Labute approximate surface area is 116 Å². The third-order valence-electron chi connectivity index (χ3n) is 3.26. The summed E-state index contributed by atoms with van der Waals surface area (Å²) >= 11 is 1.83. The lowest BCUT2D eigenvalue weighted by Crippen LogP contribution is -2.22. The molecule has 5 heteroatoms. The van der Waals surface area contributed by atoms with Gasteiger partial charge in [-0.3, -0.25) is 9.78 Å². The predicted octanol–water partition coefficient (Wildman–Crippen LogP) is 2.38. The monoisotopic (exact) mass is 273 g/mol. The van der Waals surface area contributed by atoms with E-state index < -0.39 is 0 Å². The smallest absolute Gasteiger partial charge is 0.255 e. The van der Waals surface area contributed by atoms with Crippen molar-refractivity contribution in [1.82, 2.24) is 14.5 Å². The second kappa shape index (κ2) is 4.74. The van der Waals surface area contributed by atoms with Crippen LogP contribution >= 0.6 is 11.8 Å². The molecule has 1 aliphatic heterocycles. The molecule has 2 aromatic heterocycles. The van der Waals surface area contributed by atoms with Crippen molar-refractivity contribution < 1.29 is 4.79 Å². The molecule has 3 rings (SSSR count). The lowest BCUT2D eigenvalue weighted by molar-refractivity contribution is 0.0827. The van der Waals surface area contributed by atoms with Crippen LogP contribution in [0.15, 0.2) is 36.8 Å². The first kappa shape index (κ1) is 12.3. The Balaban J connectivity index is 1.97. The van der Waals surface area contributed by atoms with Crippen LogP contribution in [0.25, 0.3) is 0 Å². The van der Waals surface area contributed by atoms with Crippen LogP contribution < -0.4 is 0 Å². The van der Waals surface area contributed by atoms with Gasteiger partial charge in [0.15, 0.2) is 0 Å². The van der Waals surface area contributed by atoms with Crippen LogP contribution in [0.1, 0.15) is 27.0 Å². The Morgan fingerprint density at radius 3 is 3.00 bits per heavy atom. The van der Waals surface area contributed by atoms with E-state index >= 15 is 0 Å². The molecule has 0 saturated carbocycles. The molecule has 0 bridgehead atoms. The van der Waals surface area contributed by atoms with Crippen LogP contribution in [0, 0.1) is 0 Å². The van der Waals surface area contributed by atoms with Gasteiger partial charge in [-0.2, -0.15) is 0 Å². The first-order valence-corrected chi connectivity index (χ1v) is 7.16. The van der Waals surface area contributed by atoms with Crippen LogP contribution in [0.2, 0.25) is 0 Å². The van der Waals surface area contributed by atoms with Gasteiger partial charge >= 0.3 is 0 Å². The highest BCUT2D eigenvalue weighted by Gasteiger charge is 2.28. The molecule has 0 aliphatic carbocycles. The molecule has 98 valence electrons. The number of hydrogen-bond acceptors (Lipinski definition) is 3. The summed E-state index contributed by atoms with van der Waals surface area (Å²) in [5.74, 6) is 0.933. The maximum atomic E-state index is 12.1. The summed E-state index contributed by atoms with van der Waals surface area (Å²) in [4.78, 5) is 17.9. The van der Waals surface area contributed by atoms with Crippen LogP contribution in [-0.4, -0.2) is 34.5 Å². The molecule has 19 heavy (non-hydrogen) atoms. The van der Waals surface area contributed by atoms with Crippen molar-refractivity contribution in [1.29, 1.82) is 0 Å². The van der Waals surface area contributed by atoms with Crippen molar-refractivity contribution in [2.75, 3.05) is 14.1 Å². The normalized spacial score (nSPS) is 17.3. The predicted molar refractivity (Wildman–Crippen MR) is 76.1 cm³/mol. The van der Waals surface area contributed by atoms with Crippen molar-refractivity contribution in [3.63, 3.8) is 0 Å². The quantitative estimate of drug-likeness (QED) is 0.843. The van der Waals surface area contributed by atoms with E-state index in [2.05, 4.69) is 15.6 Å². The molecule has 1 amide bonds. The van der Waals surface area contributed by atoms with Gasteiger partial charge in [0.1, 0.15) is 5.37 Å². The summed E-state index contributed by atoms with van der Waals surface area (Å²) in [5, 5.41) is 0.229. The van der Waals surface area contributed by atoms with E-state index in [9.17, 15) is 4.79 Å². The van der Waals surface area contributed by atoms with Gasteiger partial charge in [0.25, 0.3) is 5.91 Å². The van der Waals surface area contributed by atoms with Crippen molar-refractivity contribution in [3.05, 3.63) is 53.6 Å². The van der Waals surface area contributed by atoms with Gasteiger partial charge in [-0.25, -0.2) is 0 Å². The number of fused-ring (bicyclic) bond motifs is 1. The molecule has 0 N–H and O–H groups in total. The molecule has 1 atom stereocenters. The minimum Gasteiger partial charge on any atom is -0.345 e. The summed E-state index contributed by atoms with van der Waals surface area (Å²) in [6.07, 6.45) is 5.67. The largest absolute Gasteiger partial charge is 0.345 e. The summed E-state index contributed by atoms with van der Waals surface area (Å²) < 4.78 is 2.18. The molecule has 1 unspecified atom stereocenters. The molecule has 3 heterocycles. The number of nitrogens with zero attached hydrogens (tertiary/aromatic N) is 3. The fourth-order valence-corrected chi connectivity index (χ4v) is 3.62. The molecule has 0 spiro atoms. The van der Waals surface area contributed by atoms with Gasteiger partial charge in [0.2, 0.25) is 0 Å². The standard InChI is InChI=1S/C14H15N3OS/c1-16(2)13(18)11-5-7-17-12(11)9-19-14(17)10-4-3-6-15-8-10/h3-8,14H,9H2,1-2H3. The highest BCUT2D eigenvalue weighted by atomic mass is 32.2. The minimum atomic E-state index is 0.0705. The van der Waals surface area contributed by atoms with Gasteiger partial charge in [0, 0.05) is 49.7 Å². The first-order valence-electron chi connectivity index (χ1n) is 6.11. The van der Waals surface area contributed by atoms with Crippen molar-refractivity contribution in [3.8, 4) is 0 Å². The van der Waals surface area contributed by atoms with Crippen molar-refractivity contribution in [2.45, 2.75) is 11.1 Å². The first-order chi connectivity index (χ1) is 9.18. The van der Waals surface area contributed by atoms with Gasteiger partial charge in [-0.05, 0) is 12.1 Å². The number of hydrogen-bond donors (Lipinski definition) is 0. The average Bonchev–Trinajstić information content (AvgIpc) is 2.99. The summed E-state index contributed by atoms with van der Waals surface area (Å²) in [6.45, 7) is 0. The number of rotatable bonds is 2. The van der Waals surface area contributed by atoms with E-state index in [-0.39, 0.29) is 11.3 Å². The number of aromatic nitrogens is 2. The van der Waals surface area contributed by atoms with Gasteiger partial charge in [0.05, 0.1) is 5.56 Å². The summed E-state index contributed by atoms with van der Waals surface area (Å²) in [7, 11) is 3.57. The molecule has 0 aromatic carbocycles. The van der Waals surface area contributed by atoms with Crippen LogP contribution in [0.4, 0.5) is 0 Å². The Hall–Kier alpha value is -1.75. The Kier molecular flexibility index (Phi) is 3.06. The van der Waals surface area contributed by atoms with E-state index in [1.54, 1.807) is 25.2 Å². The second-order valence-electron chi connectivity index (χ2n) is 4.73. The van der Waals surface area contributed by atoms with Crippen molar-refractivity contribution in [2.24, 2.45) is 0 Å². The molecule has 4 nitrogen and oxygen atoms in total. The zero-order chi connectivity index (χ0) is 13.4. The van der Waals surface area contributed by atoms with Crippen LogP contribution in [0.3, 0.4) is 0 Å². The molecule has 1 aliphatic rings. The summed E-state index contributed by atoms with van der Waals surface area (Å²) in [6, 6.07) is 5.94. The number of thioether (sulfide) groups is 1. The fraction of sp³-hybridized carbons (Fsp3) is 0.286. The highest BCUT2D eigenvalue weighted by Crippen LogP contribution is 2.41. The zero-order valence-electron chi connectivity index (χ0n) is 10.9. The van der Waals surface area contributed by atoms with Crippen LogP contribution in [-0.2, 0) is 5.75 Å². The Morgan fingerprint density at radius 1 is 1.47 bits per heavy atom. The molecule has 2 aromatic rings. The van der Waals surface area contributed by atoms with E-state index in [0.29, 0.717) is 0 Å². The number of pyridine rings is 1. The van der Waals surface area contributed by atoms with E-state index in [1.165, 1.54) is 5.56 Å². The molecular formula is C14H15N3OS. The third kappa shape index (κ3) is 2.04. The number of amides is 1. The Morgan fingerprint density at radius 2 is 2.32 bits per heavy atom. The molecule has 0 fully saturated rings. The molecular weight excluding hydrogens is 258 g/mol. The molecule has 0 saturated heterocycles. The maximum absolute atomic E-state index is 12.1.